The molecule has 5 heterocycles. The lowest BCUT2D eigenvalue weighted by Gasteiger charge is -2.38. The van der Waals surface area contributed by atoms with Gasteiger partial charge >= 0.3 is 0 Å². The molecular formula is C51H31N5OS. The molecular weight excluding hydrogens is 731 g/mol. The molecule has 272 valence electrons. The van der Waals surface area contributed by atoms with Gasteiger partial charge < -0.3 is 4.57 Å². The third-order valence-corrected chi connectivity index (χ3v) is 17.2. The zero-order valence-corrected chi connectivity index (χ0v) is 31.8. The maximum Gasteiger partial charge on any atom is 0.238 e. The number of rotatable bonds is 3. The Balaban J connectivity index is 1.03. The van der Waals surface area contributed by atoms with E-state index in [1.165, 1.54) is 5.39 Å². The summed E-state index contributed by atoms with van der Waals surface area (Å²) in [5, 5.41) is 4.57. The minimum Gasteiger partial charge on any atom is -0.309 e. The van der Waals surface area contributed by atoms with Crippen LogP contribution in [0.15, 0.2) is 208 Å². The van der Waals surface area contributed by atoms with Crippen LogP contribution >= 0.6 is 0 Å². The molecule has 1 spiro atoms. The molecule has 0 bridgehead atoms. The number of hydrogen-bond donors (Lipinski definition) is 0. The minimum absolute atomic E-state index is 0.533. The summed E-state index contributed by atoms with van der Waals surface area (Å²) in [4.78, 5) is 18.2. The van der Waals surface area contributed by atoms with Gasteiger partial charge in [-0.05, 0) is 95.1 Å². The zero-order chi connectivity index (χ0) is 38.2. The molecule has 8 aromatic carbocycles. The van der Waals surface area contributed by atoms with Crippen molar-refractivity contribution in [1.82, 2.24) is 24.1 Å². The number of benzene rings is 8. The van der Waals surface area contributed by atoms with Gasteiger partial charge in [-0.3, -0.25) is 8.78 Å². The largest absolute Gasteiger partial charge is 0.309 e. The second-order valence-electron chi connectivity index (χ2n) is 15.2. The van der Waals surface area contributed by atoms with Crippen molar-refractivity contribution in [2.45, 2.75) is 19.6 Å². The topological polar surface area (TPSA) is 65.6 Å². The highest BCUT2D eigenvalue weighted by atomic mass is 32.3. The molecule has 7 heteroatoms. The first kappa shape index (κ1) is 31.7. The molecule has 11 aromatic rings. The van der Waals surface area contributed by atoms with Crippen molar-refractivity contribution in [2.24, 2.45) is 0 Å². The van der Waals surface area contributed by atoms with Crippen LogP contribution < -0.4 is 0 Å². The van der Waals surface area contributed by atoms with Crippen LogP contribution in [-0.2, 0) is 9.07 Å². The Bertz CT molecular complexity index is 3610. The lowest BCUT2D eigenvalue weighted by atomic mass is 10.0. The Morgan fingerprint density at radius 2 is 0.897 bits per heavy atom. The Morgan fingerprint density at radius 3 is 1.53 bits per heavy atom. The second kappa shape index (κ2) is 11.1. The average molecular weight is 762 g/mol. The van der Waals surface area contributed by atoms with Gasteiger partial charge in [0.2, 0.25) is 5.95 Å². The van der Waals surface area contributed by atoms with Gasteiger partial charge in [0, 0.05) is 61.4 Å². The van der Waals surface area contributed by atoms with Crippen molar-refractivity contribution >= 4 is 52.7 Å². The molecule has 0 radical (unpaired) electrons. The van der Waals surface area contributed by atoms with Gasteiger partial charge in [-0.1, -0.05) is 109 Å². The van der Waals surface area contributed by atoms with Crippen LogP contribution in [0.3, 0.4) is 0 Å². The molecule has 0 saturated heterocycles. The molecule has 2 aliphatic heterocycles. The summed E-state index contributed by atoms with van der Waals surface area (Å²) in [6.07, 6.45) is 1.60. The Labute approximate surface area is 332 Å². The van der Waals surface area contributed by atoms with Gasteiger partial charge in [-0.15, -0.1) is 0 Å². The van der Waals surface area contributed by atoms with Gasteiger partial charge in [-0.25, -0.2) is 9.97 Å². The summed E-state index contributed by atoms with van der Waals surface area (Å²) < 4.78 is 21.3. The average Bonchev–Trinajstić information content (AvgIpc) is 3.95. The standard InChI is InChI=1S/C51H31N5OS/c57-58(46-23-11-6-18-36(46)37-19-7-12-24-47(37)58)48-25-13-8-20-38(48)41-28-32(26-27-49(41)58)50-52-31-53-51(54-50)56-43-22-10-5-17-35(43)40-29-44-39(30-45(40)56)34-16-4-9-21-42(34)55(44)33-14-2-1-3-15-33/h1-31H. The van der Waals surface area contributed by atoms with E-state index in [2.05, 4.69) is 149 Å². The summed E-state index contributed by atoms with van der Waals surface area (Å²) in [6.45, 7) is 0. The van der Waals surface area contributed by atoms with Crippen LogP contribution in [0.25, 0.3) is 88.9 Å². The summed E-state index contributed by atoms with van der Waals surface area (Å²) in [6, 6.07) is 63.0. The molecule has 6 nitrogen and oxygen atoms in total. The van der Waals surface area contributed by atoms with E-state index >= 15 is 4.21 Å². The normalized spacial score (nSPS) is 15.0. The summed E-state index contributed by atoms with van der Waals surface area (Å²) in [5.41, 5.74) is 10.2. The SMILES string of the molecule is O=S12(c3ccccc3-c3ccccc31)c1ccccc1-c1cc(-c3ncnc(-n4c5ccccc5c5cc6c(cc54)c4ccccc4n6-c4ccccc4)n3)ccc12. The van der Waals surface area contributed by atoms with Crippen LogP contribution in [0.2, 0.25) is 0 Å². The predicted molar refractivity (Wildman–Crippen MR) is 232 cm³/mol. The van der Waals surface area contributed by atoms with Crippen molar-refractivity contribution in [1.29, 1.82) is 0 Å². The highest BCUT2D eigenvalue weighted by Gasteiger charge is 2.57. The highest BCUT2D eigenvalue weighted by Crippen LogP contribution is 2.71. The fraction of sp³-hybridized carbons (Fsp3) is 0. The molecule has 13 rings (SSSR count). The molecule has 2 aliphatic rings. The summed E-state index contributed by atoms with van der Waals surface area (Å²) >= 11 is 0. The maximum atomic E-state index is 16.8. The summed E-state index contributed by atoms with van der Waals surface area (Å²) in [5.74, 6) is 1.08. The molecule has 0 saturated carbocycles. The van der Waals surface area contributed by atoms with E-state index in [4.69, 9.17) is 15.0 Å². The van der Waals surface area contributed by atoms with Crippen LogP contribution in [-0.4, -0.2) is 28.3 Å². The second-order valence-corrected chi connectivity index (χ2v) is 18.8. The van der Waals surface area contributed by atoms with Crippen LogP contribution in [0, 0.1) is 0 Å². The van der Waals surface area contributed by atoms with Crippen LogP contribution in [0.4, 0.5) is 0 Å². The minimum atomic E-state index is -3.93. The van der Waals surface area contributed by atoms with Gasteiger partial charge in [0.1, 0.15) is 6.33 Å². The van der Waals surface area contributed by atoms with Crippen molar-refractivity contribution in [2.75, 3.05) is 0 Å². The van der Waals surface area contributed by atoms with E-state index < -0.39 is 9.07 Å². The monoisotopic (exact) mass is 761 g/mol. The maximum absolute atomic E-state index is 16.8. The first-order valence-electron chi connectivity index (χ1n) is 19.4. The predicted octanol–water partition coefficient (Wildman–Crippen LogP) is 12.0. The van der Waals surface area contributed by atoms with Gasteiger partial charge in [0.15, 0.2) is 5.82 Å². The molecule has 0 amide bonds. The van der Waals surface area contributed by atoms with Crippen molar-refractivity contribution in [3.05, 3.63) is 188 Å². The smallest absolute Gasteiger partial charge is 0.238 e. The number of fused-ring (bicyclic) bond motifs is 16. The zero-order valence-electron chi connectivity index (χ0n) is 31.0. The van der Waals surface area contributed by atoms with Crippen LogP contribution in [0.5, 0.6) is 0 Å². The molecule has 3 aromatic heterocycles. The van der Waals surface area contributed by atoms with Crippen molar-refractivity contribution < 1.29 is 4.21 Å². The molecule has 0 fully saturated rings. The highest BCUT2D eigenvalue weighted by molar-refractivity contribution is 8.21. The lowest BCUT2D eigenvalue weighted by Crippen LogP contribution is -2.29. The fourth-order valence-corrected chi connectivity index (χ4v) is 15.2. The molecule has 0 N–H and O–H groups in total. The number of hydrogen-bond acceptors (Lipinski definition) is 4. The Kier molecular flexibility index (Phi) is 6.06. The Hall–Kier alpha value is -7.48. The summed E-state index contributed by atoms with van der Waals surface area (Å²) in [7, 11) is -3.93. The molecule has 0 aliphatic carbocycles. The van der Waals surface area contributed by atoms with E-state index in [1.807, 2.05) is 42.5 Å². The van der Waals surface area contributed by atoms with E-state index in [1.54, 1.807) is 6.33 Å². The van der Waals surface area contributed by atoms with E-state index in [-0.39, 0.29) is 0 Å². The van der Waals surface area contributed by atoms with Crippen molar-refractivity contribution in [3.8, 4) is 45.3 Å². The quantitative estimate of drug-likeness (QED) is 0.180. The first-order valence-corrected chi connectivity index (χ1v) is 21.4. The van der Waals surface area contributed by atoms with E-state index in [9.17, 15) is 0 Å². The third-order valence-electron chi connectivity index (χ3n) is 12.4. The fourth-order valence-electron chi connectivity index (χ4n) is 10.1. The van der Waals surface area contributed by atoms with E-state index in [0.717, 1.165) is 91.3 Å². The van der Waals surface area contributed by atoms with Gasteiger partial charge in [0.25, 0.3) is 0 Å². The first-order chi connectivity index (χ1) is 28.6. The third kappa shape index (κ3) is 3.77. The molecule has 0 unspecified atom stereocenters. The van der Waals surface area contributed by atoms with Crippen molar-refractivity contribution in [3.63, 3.8) is 0 Å². The molecule has 58 heavy (non-hydrogen) atoms. The number of nitrogens with zero attached hydrogens (tertiary/aromatic N) is 5. The van der Waals surface area contributed by atoms with Gasteiger partial charge in [-0.2, -0.15) is 4.98 Å². The number of para-hydroxylation sites is 3. The lowest BCUT2D eigenvalue weighted by molar-refractivity contribution is 0.658. The van der Waals surface area contributed by atoms with E-state index in [0.29, 0.717) is 11.8 Å². The number of aromatic nitrogens is 5. The van der Waals surface area contributed by atoms with Crippen LogP contribution in [0.1, 0.15) is 0 Å². The molecule has 0 atom stereocenters. The van der Waals surface area contributed by atoms with Gasteiger partial charge in [0.05, 0.1) is 22.1 Å². The Morgan fingerprint density at radius 1 is 0.397 bits per heavy atom.